The summed E-state index contributed by atoms with van der Waals surface area (Å²) in [5, 5.41) is 0. The summed E-state index contributed by atoms with van der Waals surface area (Å²) in [6.07, 6.45) is 23.5. The molecular weight excluding hydrogens is 497 g/mol. The van der Waals surface area contributed by atoms with Gasteiger partial charge in [-0.05, 0) is 0 Å². The topological polar surface area (TPSA) is 89.4 Å². The molecule has 0 radical (unpaired) electrons. The molecule has 4 nitrogen and oxygen atoms in total. The van der Waals surface area contributed by atoms with Gasteiger partial charge >= 0.3 is 133 Å². The minimum absolute atomic E-state index is 1.25. The van der Waals surface area contributed by atoms with Crippen molar-refractivity contribution in [3.8, 4) is 0 Å². The van der Waals surface area contributed by atoms with Crippen molar-refractivity contribution in [2.24, 2.45) is 0 Å². The summed E-state index contributed by atoms with van der Waals surface area (Å²) in [4.78, 5) is 0. The van der Waals surface area contributed by atoms with Crippen molar-refractivity contribution in [3.05, 3.63) is 44.8 Å². The van der Waals surface area contributed by atoms with Crippen LogP contribution in [-0.4, -0.2) is 4.66 Å². The van der Waals surface area contributed by atoms with E-state index in [1.54, 1.807) is 0 Å². The second-order valence-corrected chi connectivity index (χ2v) is 7.81. The third kappa shape index (κ3) is 22.3. The molecule has 0 aliphatic heterocycles. The fourth-order valence-electron chi connectivity index (χ4n) is 1.79. The summed E-state index contributed by atoms with van der Waals surface area (Å²) in [6, 6.07) is 0. The first-order chi connectivity index (χ1) is 10.8. The van der Waals surface area contributed by atoms with Gasteiger partial charge < -0.3 is 0 Å². The Morgan fingerprint density at radius 2 is 1.13 bits per heavy atom. The molecule has 2 aliphatic carbocycles. The van der Waals surface area contributed by atoms with Gasteiger partial charge in [0.25, 0.3) is 0 Å². The Morgan fingerprint density at radius 1 is 0.783 bits per heavy atom. The van der Waals surface area contributed by atoms with E-state index in [1.807, 2.05) is 0 Å². The molecule has 2 aliphatic rings. The van der Waals surface area contributed by atoms with Crippen molar-refractivity contribution in [1.29, 1.82) is 0 Å². The maximum absolute atomic E-state index is 8.60. The van der Waals surface area contributed by atoms with Gasteiger partial charge in [-0.15, -0.1) is 0 Å². The summed E-state index contributed by atoms with van der Waals surface area (Å²) >= 11 is 5.91. The zero-order valence-electron chi connectivity index (χ0n) is 12.8. The minimum atomic E-state index is -4.69. The Kier molecular flexibility index (Phi) is 14.9. The SMILES string of the molecule is [O-][Cl+3]([O-])([O-])O.[Rh]/[C]1=C/C=C\CCCC1.[Rh]/[C]1=C/C=C\CCCC1. The summed E-state index contributed by atoms with van der Waals surface area (Å²) in [7, 11) is -4.69. The van der Waals surface area contributed by atoms with Crippen LogP contribution in [0.5, 0.6) is 0 Å². The van der Waals surface area contributed by atoms with Gasteiger partial charge in [0.2, 0.25) is 0 Å². The van der Waals surface area contributed by atoms with E-state index in [4.69, 9.17) is 18.6 Å². The fraction of sp³-hybridized carbons (Fsp3) is 0.500. The van der Waals surface area contributed by atoms with Gasteiger partial charge in [0, 0.05) is 0 Å². The van der Waals surface area contributed by atoms with Gasteiger partial charge in [-0.25, -0.2) is 0 Å². The molecule has 0 amide bonds. The zero-order chi connectivity index (χ0) is 17.6. The molecule has 0 aromatic heterocycles. The molecule has 0 unspecified atom stereocenters. The molecule has 0 aromatic rings. The van der Waals surface area contributed by atoms with Gasteiger partial charge in [0.15, 0.2) is 0 Å². The first kappa shape index (κ1) is 23.3. The molecule has 7 heteroatoms. The molecule has 0 fully saturated rings. The Labute approximate surface area is 161 Å². The molecule has 0 bridgehead atoms. The molecule has 1 N–H and O–H groups in total. The van der Waals surface area contributed by atoms with Crippen LogP contribution >= 0.6 is 0 Å². The first-order valence-corrected chi connectivity index (χ1v) is 10.3. The number of halogens is 1. The molecule has 0 aromatic carbocycles. The Hall–Kier alpha value is 0.337. The molecule has 136 valence electrons. The number of hydrogen-bond donors (Lipinski definition) is 1. The molecule has 0 saturated carbocycles. The zero-order valence-corrected chi connectivity index (χ0v) is 16.9. The Bertz CT molecular complexity index is 386. The third-order valence-corrected chi connectivity index (χ3v) is 4.23. The van der Waals surface area contributed by atoms with E-state index in [-0.39, 0.29) is 0 Å². The molecule has 0 saturated heterocycles. The van der Waals surface area contributed by atoms with Gasteiger partial charge in [0.05, 0.1) is 14.9 Å². The Morgan fingerprint density at radius 3 is 1.48 bits per heavy atom. The van der Waals surface area contributed by atoms with Crippen LogP contribution in [0.4, 0.5) is 0 Å². The van der Waals surface area contributed by atoms with Gasteiger partial charge in [-0.3, -0.25) is 0 Å². The third-order valence-electron chi connectivity index (χ3n) is 2.86. The molecule has 0 spiro atoms. The van der Waals surface area contributed by atoms with Crippen molar-refractivity contribution in [2.45, 2.75) is 51.4 Å². The van der Waals surface area contributed by atoms with E-state index in [2.05, 4.69) is 73.1 Å². The van der Waals surface area contributed by atoms with Crippen LogP contribution in [0.3, 0.4) is 0 Å². The van der Waals surface area contributed by atoms with Crippen LogP contribution in [-0.2, 0) is 36.6 Å². The second kappa shape index (κ2) is 14.7. The van der Waals surface area contributed by atoms with Crippen molar-refractivity contribution in [1.82, 2.24) is 0 Å². The standard InChI is InChI=1S/2C8H11.ClHO4.2Rh/c2*1-2-4-6-8-7-5-3-1;2-1(3,4)5;;/h2*1-3H,4,6-8H2;(H,2,3,4,5);;/b2*2-1-,5-3?;;;. The van der Waals surface area contributed by atoms with Crippen molar-refractivity contribution < 1.29 is 65.5 Å². The van der Waals surface area contributed by atoms with Crippen LogP contribution in [0.25, 0.3) is 0 Å². The van der Waals surface area contributed by atoms with Crippen LogP contribution in [0.15, 0.2) is 44.8 Å². The van der Waals surface area contributed by atoms with Gasteiger partial charge in [-0.1, -0.05) is 0 Å². The van der Waals surface area contributed by atoms with E-state index in [0.29, 0.717) is 0 Å². The Balaban J connectivity index is 0.000000332. The summed E-state index contributed by atoms with van der Waals surface area (Å²) in [5.41, 5.74) is 0. The summed E-state index contributed by atoms with van der Waals surface area (Å²) in [6.45, 7) is 0. The van der Waals surface area contributed by atoms with Gasteiger partial charge in [0.1, 0.15) is 0 Å². The van der Waals surface area contributed by atoms with E-state index in [9.17, 15) is 0 Å². The fourth-order valence-corrected chi connectivity index (χ4v) is 2.69. The van der Waals surface area contributed by atoms with E-state index in [1.165, 1.54) is 59.7 Å². The molecule has 2 rings (SSSR count). The number of rotatable bonds is 0. The van der Waals surface area contributed by atoms with E-state index >= 15 is 0 Å². The van der Waals surface area contributed by atoms with Crippen LogP contribution in [0, 0.1) is 10.2 Å². The average Bonchev–Trinajstić information content (AvgIpc) is 2.37. The van der Waals surface area contributed by atoms with E-state index in [0.717, 1.165) is 0 Å². The summed E-state index contributed by atoms with van der Waals surface area (Å²) < 4.78 is 35.5. The predicted octanol–water partition coefficient (Wildman–Crippen LogP) is 0.971. The monoisotopic (exact) mass is 520 g/mol. The quantitative estimate of drug-likeness (QED) is 0.482. The average molecular weight is 521 g/mol. The molecule has 23 heavy (non-hydrogen) atoms. The predicted molar refractivity (Wildman–Crippen MR) is 73.6 cm³/mol. The number of hydrogen-bond acceptors (Lipinski definition) is 4. The van der Waals surface area contributed by atoms with Crippen LogP contribution < -0.4 is 14.0 Å². The second-order valence-electron chi connectivity index (χ2n) is 4.91. The van der Waals surface area contributed by atoms with Crippen LogP contribution in [0.2, 0.25) is 0 Å². The van der Waals surface area contributed by atoms with Crippen molar-refractivity contribution in [2.75, 3.05) is 0 Å². The maximum atomic E-state index is 8.60. The molecule has 0 heterocycles. The number of allylic oxidation sites excluding steroid dienone is 8. The summed E-state index contributed by atoms with van der Waals surface area (Å²) in [5.74, 6) is 0. The van der Waals surface area contributed by atoms with Crippen LogP contribution in [0.1, 0.15) is 51.4 Å². The normalized spacial score (nSPS) is 25.9. The molecular formula is C16H23ClO4Rh2. The van der Waals surface area contributed by atoms with Gasteiger partial charge in [-0.2, -0.15) is 14.0 Å². The van der Waals surface area contributed by atoms with Crippen molar-refractivity contribution in [3.63, 3.8) is 0 Å². The first-order valence-electron chi connectivity index (χ1n) is 7.40. The van der Waals surface area contributed by atoms with E-state index < -0.39 is 10.2 Å². The molecule has 0 atom stereocenters. The van der Waals surface area contributed by atoms with Crippen molar-refractivity contribution >= 4 is 0 Å².